The SMILES string of the molecule is CC/C=C\C/C=C\C/C=C\C/C=C\CCC(=O)OCC(COC(=O)CCCCCCCCCCCCC/C=C\CCCCCCCCCC)OC(=O)CCCCCCCCCCC/C=C\C/C=C\CCCCC. The van der Waals surface area contributed by atoms with Crippen molar-refractivity contribution < 1.29 is 28.6 Å². The Balaban J connectivity index is 4.36. The number of ether oxygens (including phenoxy) is 3. The van der Waals surface area contributed by atoms with Crippen LogP contribution in [0.3, 0.4) is 0 Å². The highest BCUT2D eigenvalue weighted by molar-refractivity contribution is 5.71. The van der Waals surface area contributed by atoms with E-state index in [1.807, 2.05) is 6.08 Å². The van der Waals surface area contributed by atoms with Crippen LogP contribution < -0.4 is 0 Å². The molecule has 0 radical (unpaired) electrons. The van der Waals surface area contributed by atoms with Gasteiger partial charge in [0.25, 0.3) is 0 Å². The number of unbranched alkanes of at least 4 members (excludes halogenated alkanes) is 31. The average molecular weight is 1020 g/mol. The summed E-state index contributed by atoms with van der Waals surface area (Å²) < 4.78 is 16.8. The molecule has 0 spiro atoms. The number of esters is 3. The van der Waals surface area contributed by atoms with Crippen LogP contribution in [0, 0.1) is 0 Å². The van der Waals surface area contributed by atoms with E-state index in [9.17, 15) is 14.4 Å². The Labute approximate surface area is 452 Å². The molecule has 420 valence electrons. The van der Waals surface area contributed by atoms with E-state index in [0.717, 1.165) is 70.6 Å². The van der Waals surface area contributed by atoms with Crippen LogP contribution in [0.4, 0.5) is 0 Å². The summed E-state index contributed by atoms with van der Waals surface area (Å²) in [5.41, 5.74) is 0. The lowest BCUT2D eigenvalue weighted by atomic mass is 10.0. The third kappa shape index (κ3) is 59.3. The van der Waals surface area contributed by atoms with Crippen molar-refractivity contribution in [3.05, 3.63) is 85.1 Å². The molecular formula is C67H116O6. The molecule has 1 atom stereocenters. The van der Waals surface area contributed by atoms with Gasteiger partial charge in [-0.15, -0.1) is 0 Å². The average Bonchev–Trinajstić information content (AvgIpc) is 3.39. The first kappa shape index (κ1) is 69.6. The van der Waals surface area contributed by atoms with E-state index in [1.54, 1.807) is 0 Å². The third-order valence-electron chi connectivity index (χ3n) is 13.4. The van der Waals surface area contributed by atoms with Crippen molar-refractivity contribution in [2.75, 3.05) is 13.2 Å². The van der Waals surface area contributed by atoms with E-state index >= 15 is 0 Å². The van der Waals surface area contributed by atoms with Gasteiger partial charge in [0.15, 0.2) is 6.10 Å². The highest BCUT2D eigenvalue weighted by Gasteiger charge is 2.19. The van der Waals surface area contributed by atoms with Gasteiger partial charge >= 0.3 is 17.9 Å². The van der Waals surface area contributed by atoms with Crippen LogP contribution in [0.2, 0.25) is 0 Å². The topological polar surface area (TPSA) is 78.9 Å². The van der Waals surface area contributed by atoms with Gasteiger partial charge in [0.05, 0.1) is 0 Å². The number of allylic oxidation sites excluding steroid dienone is 14. The first-order valence-electron chi connectivity index (χ1n) is 31.1. The largest absolute Gasteiger partial charge is 0.462 e. The molecule has 0 bridgehead atoms. The number of rotatable bonds is 56. The Morgan fingerprint density at radius 3 is 0.959 bits per heavy atom. The predicted molar refractivity (Wildman–Crippen MR) is 316 cm³/mol. The van der Waals surface area contributed by atoms with E-state index in [2.05, 4.69) is 99.8 Å². The van der Waals surface area contributed by atoms with Gasteiger partial charge in [0, 0.05) is 19.3 Å². The van der Waals surface area contributed by atoms with E-state index < -0.39 is 6.10 Å². The summed E-state index contributed by atoms with van der Waals surface area (Å²) in [6, 6.07) is 0. The summed E-state index contributed by atoms with van der Waals surface area (Å²) in [6.07, 6.45) is 80.3. The highest BCUT2D eigenvalue weighted by atomic mass is 16.6. The molecular weight excluding hydrogens is 901 g/mol. The molecule has 0 saturated carbocycles. The van der Waals surface area contributed by atoms with Crippen molar-refractivity contribution in [3.8, 4) is 0 Å². The van der Waals surface area contributed by atoms with Crippen molar-refractivity contribution >= 4 is 17.9 Å². The quantitative estimate of drug-likeness (QED) is 0.0261. The molecule has 0 aliphatic carbocycles. The van der Waals surface area contributed by atoms with Gasteiger partial charge in [0.2, 0.25) is 0 Å². The lowest BCUT2D eigenvalue weighted by molar-refractivity contribution is -0.166. The minimum absolute atomic E-state index is 0.0996. The van der Waals surface area contributed by atoms with Crippen LogP contribution >= 0.6 is 0 Å². The summed E-state index contributed by atoms with van der Waals surface area (Å²) >= 11 is 0. The first-order valence-corrected chi connectivity index (χ1v) is 31.1. The van der Waals surface area contributed by atoms with E-state index in [-0.39, 0.29) is 37.5 Å². The zero-order valence-corrected chi connectivity index (χ0v) is 48.1. The Hall–Kier alpha value is -3.41. The molecule has 0 amide bonds. The molecule has 0 fully saturated rings. The monoisotopic (exact) mass is 1020 g/mol. The molecule has 0 saturated heterocycles. The van der Waals surface area contributed by atoms with E-state index in [4.69, 9.17) is 14.2 Å². The zero-order chi connectivity index (χ0) is 52.9. The molecule has 73 heavy (non-hydrogen) atoms. The number of carbonyl (C=O) groups is 3. The molecule has 1 unspecified atom stereocenters. The molecule has 0 aromatic rings. The lowest BCUT2D eigenvalue weighted by Gasteiger charge is -2.18. The highest BCUT2D eigenvalue weighted by Crippen LogP contribution is 2.16. The fourth-order valence-corrected chi connectivity index (χ4v) is 8.72. The van der Waals surface area contributed by atoms with Gasteiger partial charge < -0.3 is 14.2 Å². The van der Waals surface area contributed by atoms with Crippen molar-refractivity contribution in [1.29, 1.82) is 0 Å². The maximum Gasteiger partial charge on any atom is 0.306 e. The minimum Gasteiger partial charge on any atom is -0.462 e. The van der Waals surface area contributed by atoms with Crippen LogP contribution in [-0.4, -0.2) is 37.2 Å². The van der Waals surface area contributed by atoms with E-state index in [0.29, 0.717) is 19.3 Å². The molecule has 6 nitrogen and oxygen atoms in total. The lowest BCUT2D eigenvalue weighted by Crippen LogP contribution is -2.30. The Morgan fingerprint density at radius 2 is 0.562 bits per heavy atom. The molecule has 0 rings (SSSR count). The molecule has 0 aromatic carbocycles. The van der Waals surface area contributed by atoms with E-state index in [1.165, 1.54) is 186 Å². The van der Waals surface area contributed by atoms with Crippen molar-refractivity contribution in [1.82, 2.24) is 0 Å². The summed E-state index contributed by atoms with van der Waals surface area (Å²) in [5.74, 6) is -0.981. The van der Waals surface area contributed by atoms with Gasteiger partial charge in [-0.2, -0.15) is 0 Å². The van der Waals surface area contributed by atoms with Crippen molar-refractivity contribution in [2.45, 2.75) is 309 Å². The number of hydrogen-bond donors (Lipinski definition) is 0. The normalized spacial score (nSPS) is 12.6. The molecule has 0 heterocycles. The third-order valence-corrected chi connectivity index (χ3v) is 13.4. The summed E-state index contributed by atoms with van der Waals surface area (Å²) in [6.45, 7) is 6.46. The van der Waals surface area contributed by atoms with Gasteiger partial charge in [-0.1, -0.05) is 266 Å². The molecule has 0 aliphatic rings. The van der Waals surface area contributed by atoms with Crippen molar-refractivity contribution in [3.63, 3.8) is 0 Å². The predicted octanol–water partition coefficient (Wildman–Crippen LogP) is 21.1. The number of hydrogen-bond acceptors (Lipinski definition) is 6. The van der Waals surface area contributed by atoms with Gasteiger partial charge in [-0.3, -0.25) is 14.4 Å². The van der Waals surface area contributed by atoms with Gasteiger partial charge in [-0.05, 0) is 103 Å². The second-order valence-corrected chi connectivity index (χ2v) is 20.6. The standard InChI is InChI=1S/C67H116O6/c1-4-7-10-13-16-19-22-25-27-29-31-32-33-34-36-37-39-42-45-48-51-54-57-60-66(69)72-63-64(62-71-65(68)59-56-53-50-47-44-41-24-21-18-15-12-9-6-3)73-67(70)61-58-55-52-49-46-43-40-38-35-30-28-26-23-20-17-14-11-8-5-2/h9,12,17-18,20-21,26,28-29,31,41,44,50,53,64H,4-8,10-11,13-16,19,22-25,27,30,32-40,42-43,45-49,51-52,54-63H2,1-3H3/b12-9-,20-17-,21-18-,28-26-,31-29-,44-41-,53-50-. The fraction of sp³-hybridized carbons (Fsp3) is 0.746. The molecule has 0 aromatic heterocycles. The maximum atomic E-state index is 12.9. The Bertz CT molecular complexity index is 1400. The first-order chi connectivity index (χ1) is 36.0. The van der Waals surface area contributed by atoms with Crippen molar-refractivity contribution in [2.24, 2.45) is 0 Å². The summed E-state index contributed by atoms with van der Waals surface area (Å²) in [5, 5.41) is 0. The fourth-order valence-electron chi connectivity index (χ4n) is 8.72. The second kappa shape index (κ2) is 61.1. The summed E-state index contributed by atoms with van der Waals surface area (Å²) in [7, 11) is 0. The van der Waals surface area contributed by atoms with Crippen LogP contribution in [0.1, 0.15) is 303 Å². The minimum atomic E-state index is -0.809. The van der Waals surface area contributed by atoms with Crippen LogP contribution in [0.5, 0.6) is 0 Å². The molecule has 0 aliphatic heterocycles. The van der Waals surface area contributed by atoms with Crippen LogP contribution in [0.25, 0.3) is 0 Å². The molecule has 6 heteroatoms. The summed E-state index contributed by atoms with van der Waals surface area (Å²) in [4.78, 5) is 38.2. The van der Waals surface area contributed by atoms with Crippen LogP contribution in [0.15, 0.2) is 85.1 Å². The van der Waals surface area contributed by atoms with Gasteiger partial charge in [-0.25, -0.2) is 0 Å². The Morgan fingerprint density at radius 1 is 0.288 bits per heavy atom. The van der Waals surface area contributed by atoms with Crippen LogP contribution in [-0.2, 0) is 28.6 Å². The molecule has 0 N–H and O–H groups in total. The smallest absolute Gasteiger partial charge is 0.306 e. The van der Waals surface area contributed by atoms with Gasteiger partial charge in [0.1, 0.15) is 13.2 Å². The maximum absolute atomic E-state index is 12.9. The zero-order valence-electron chi connectivity index (χ0n) is 48.1. The Kier molecular flexibility index (Phi) is 58.3. The second-order valence-electron chi connectivity index (χ2n) is 20.6. The number of carbonyl (C=O) groups excluding carboxylic acids is 3.